The molecule has 0 saturated carbocycles. The van der Waals surface area contributed by atoms with Crippen molar-refractivity contribution < 1.29 is 9.31 Å². The molecule has 110 valence electrons. The second kappa shape index (κ2) is 5.36. The van der Waals surface area contributed by atoms with Crippen LogP contribution in [0, 0.1) is 22.9 Å². The molecule has 3 rings (SSSR count). The molecule has 0 amide bonds. The minimum Gasteiger partial charge on any atom is -0.339 e. The summed E-state index contributed by atoms with van der Waals surface area (Å²) in [5, 5.41) is 14.5. The number of nitrogens with zero attached hydrogens (tertiary/aromatic N) is 3. The number of rotatable bonds is 3. The maximum absolute atomic E-state index is 13.4. The van der Waals surface area contributed by atoms with Gasteiger partial charge in [0.05, 0.1) is 10.4 Å². The van der Waals surface area contributed by atoms with E-state index in [1.807, 2.05) is 0 Å². The molecule has 2 aromatic carbocycles. The normalized spacial score (nSPS) is 10.6. The van der Waals surface area contributed by atoms with Crippen molar-refractivity contribution >= 4 is 28.1 Å². The average Bonchev–Trinajstić information content (AvgIpc) is 2.49. The maximum Gasteiger partial charge on any atom is 0.274 e. The Balaban J connectivity index is 2.05. The van der Waals surface area contributed by atoms with Crippen LogP contribution in [0.25, 0.3) is 10.9 Å². The van der Waals surface area contributed by atoms with Gasteiger partial charge in [-0.2, -0.15) is 0 Å². The molecule has 1 heterocycles. The van der Waals surface area contributed by atoms with E-state index >= 15 is 0 Å². The van der Waals surface area contributed by atoms with Crippen molar-refractivity contribution in [2.75, 3.05) is 5.32 Å². The highest BCUT2D eigenvalue weighted by Gasteiger charge is 2.12. The number of halogens is 1. The van der Waals surface area contributed by atoms with E-state index in [4.69, 9.17) is 0 Å². The Bertz CT molecular complexity index is 883. The molecule has 1 aromatic heterocycles. The van der Waals surface area contributed by atoms with E-state index in [-0.39, 0.29) is 5.69 Å². The van der Waals surface area contributed by atoms with Crippen molar-refractivity contribution in [2.45, 2.75) is 6.92 Å². The minimum absolute atomic E-state index is 0.00884. The number of fused-ring (bicyclic) bond motifs is 1. The van der Waals surface area contributed by atoms with Gasteiger partial charge in [0.1, 0.15) is 18.0 Å². The van der Waals surface area contributed by atoms with Crippen LogP contribution in [-0.4, -0.2) is 14.9 Å². The van der Waals surface area contributed by atoms with Crippen LogP contribution >= 0.6 is 0 Å². The first kappa shape index (κ1) is 13.9. The van der Waals surface area contributed by atoms with Crippen LogP contribution in [0.5, 0.6) is 0 Å². The Morgan fingerprint density at radius 1 is 1.18 bits per heavy atom. The van der Waals surface area contributed by atoms with Gasteiger partial charge in [0, 0.05) is 22.7 Å². The molecule has 0 spiro atoms. The number of nitro benzene ring substituents is 1. The summed E-state index contributed by atoms with van der Waals surface area (Å²) < 4.78 is 13.4. The summed E-state index contributed by atoms with van der Waals surface area (Å²) in [7, 11) is 0. The first-order valence-corrected chi connectivity index (χ1v) is 6.47. The van der Waals surface area contributed by atoms with Gasteiger partial charge in [-0.15, -0.1) is 0 Å². The Labute approximate surface area is 124 Å². The van der Waals surface area contributed by atoms with Crippen molar-refractivity contribution in [1.82, 2.24) is 9.97 Å². The summed E-state index contributed by atoms with van der Waals surface area (Å²) in [5.74, 6) is -0.0112. The second-order valence-electron chi connectivity index (χ2n) is 4.77. The molecule has 0 atom stereocenters. The molecule has 6 nitrogen and oxygen atoms in total. The van der Waals surface area contributed by atoms with Crippen LogP contribution < -0.4 is 5.32 Å². The van der Waals surface area contributed by atoms with Crippen LogP contribution in [0.1, 0.15) is 5.56 Å². The summed E-state index contributed by atoms with van der Waals surface area (Å²) in [6.07, 6.45) is 1.35. The lowest BCUT2D eigenvalue weighted by Crippen LogP contribution is -1.98. The van der Waals surface area contributed by atoms with Crippen LogP contribution in [-0.2, 0) is 0 Å². The fourth-order valence-corrected chi connectivity index (χ4v) is 2.15. The molecular formula is C15H11FN4O2. The minimum atomic E-state index is -0.446. The smallest absolute Gasteiger partial charge is 0.274 e. The van der Waals surface area contributed by atoms with E-state index < -0.39 is 10.7 Å². The van der Waals surface area contributed by atoms with Gasteiger partial charge in [-0.25, -0.2) is 14.4 Å². The van der Waals surface area contributed by atoms with Crippen LogP contribution in [0.2, 0.25) is 0 Å². The zero-order valence-electron chi connectivity index (χ0n) is 11.6. The van der Waals surface area contributed by atoms with Crippen molar-refractivity contribution in [3.05, 3.63) is 64.2 Å². The molecule has 0 aliphatic heterocycles. The molecule has 0 unspecified atom stereocenters. The molecule has 0 bridgehead atoms. The standard InChI is InChI=1S/C15H11FN4O2/c1-9-2-4-11(7-14(9)20(21)22)19-15-12-6-10(16)3-5-13(12)17-8-18-15/h2-8H,1H3,(H,17,18,19). The van der Waals surface area contributed by atoms with E-state index in [0.29, 0.717) is 28.0 Å². The molecule has 3 aromatic rings. The van der Waals surface area contributed by atoms with Crippen LogP contribution in [0.3, 0.4) is 0 Å². The number of nitrogens with one attached hydrogen (secondary N) is 1. The van der Waals surface area contributed by atoms with Crippen LogP contribution in [0.15, 0.2) is 42.7 Å². The van der Waals surface area contributed by atoms with Gasteiger partial charge in [-0.1, -0.05) is 6.07 Å². The summed E-state index contributed by atoms with van der Waals surface area (Å²) in [6, 6.07) is 8.95. The van der Waals surface area contributed by atoms with Gasteiger partial charge in [0.2, 0.25) is 0 Å². The molecule has 1 N–H and O–H groups in total. The summed E-state index contributed by atoms with van der Waals surface area (Å²) >= 11 is 0. The molecular weight excluding hydrogens is 287 g/mol. The van der Waals surface area contributed by atoms with Gasteiger partial charge < -0.3 is 5.32 Å². The lowest BCUT2D eigenvalue weighted by atomic mass is 10.1. The number of nitro groups is 1. The molecule has 0 aliphatic rings. The highest BCUT2D eigenvalue weighted by atomic mass is 19.1. The Hall–Kier alpha value is -3.09. The quantitative estimate of drug-likeness (QED) is 0.588. The van der Waals surface area contributed by atoms with Gasteiger partial charge in [0.25, 0.3) is 5.69 Å². The SMILES string of the molecule is Cc1ccc(Nc2ncnc3ccc(F)cc23)cc1[N+](=O)[O-]. The van der Waals surface area contributed by atoms with E-state index in [0.717, 1.165) is 0 Å². The van der Waals surface area contributed by atoms with E-state index in [9.17, 15) is 14.5 Å². The lowest BCUT2D eigenvalue weighted by Gasteiger charge is -2.09. The first-order valence-electron chi connectivity index (χ1n) is 6.47. The Kier molecular flexibility index (Phi) is 3.38. The summed E-state index contributed by atoms with van der Waals surface area (Å²) in [6.45, 7) is 1.66. The number of aryl methyl sites for hydroxylation is 1. The molecule has 0 saturated heterocycles. The predicted octanol–water partition coefficient (Wildman–Crippen LogP) is 3.73. The fraction of sp³-hybridized carbons (Fsp3) is 0.0667. The Morgan fingerprint density at radius 3 is 2.77 bits per heavy atom. The van der Waals surface area contributed by atoms with Crippen molar-refractivity contribution in [3.63, 3.8) is 0 Å². The van der Waals surface area contributed by atoms with E-state index in [1.165, 1.54) is 24.5 Å². The summed E-state index contributed by atoms with van der Waals surface area (Å²) in [5.41, 5.74) is 1.66. The average molecular weight is 298 g/mol. The zero-order valence-corrected chi connectivity index (χ0v) is 11.6. The van der Waals surface area contributed by atoms with E-state index in [1.54, 1.807) is 25.1 Å². The van der Waals surface area contributed by atoms with Crippen molar-refractivity contribution in [3.8, 4) is 0 Å². The van der Waals surface area contributed by atoms with Gasteiger partial charge in [0.15, 0.2) is 0 Å². The number of anilines is 2. The largest absolute Gasteiger partial charge is 0.339 e. The Morgan fingerprint density at radius 2 is 2.00 bits per heavy atom. The second-order valence-corrected chi connectivity index (χ2v) is 4.77. The van der Waals surface area contributed by atoms with Crippen molar-refractivity contribution in [1.29, 1.82) is 0 Å². The predicted molar refractivity (Wildman–Crippen MR) is 80.6 cm³/mol. The highest BCUT2D eigenvalue weighted by molar-refractivity contribution is 5.90. The molecule has 0 fully saturated rings. The number of benzene rings is 2. The number of hydrogen-bond acceptors (Lipinski definition) is 5. The third kappa shape index (κ3) is 2.56. The third-order valence-electron chi connectivity index (χ3n) is 3.27. The summed E-state index contributed by atoms with van der Waals surface area (Å²) in [4.78, 5) is 18.7. The number of hydrogen-bond donors (Lipinski definition) is 1. The molecule has 22 heavy (non-hydrogen) atoms. The van der Waals surface area contributed by atoms with Gasteiger partial charge in [-0.3, -0.25) is 10.1 Å². The van der Waals surface area contributed by atoms with Gasteiger partial charge >= 0.3 is 0 Å². The molecule has 0 aliphatic carbocycles. The zero-order chi connectivity index (χ0) is 15.7. The monoisotopic (exact) mass is 298 g/mol. The maximum atomic E-state index is 13.4. The molecule has 7 heteroatoms. The topological polar surface area (TPSA) is 81.0 Å². The highest BCUT2D eigenvalue weighted by Crippen LogP contribution is 2.27. The lowest BCUT2D eigenvalue weighted by molar-refractivity contribution is -0.385. The van der Waals surface area contributed by atoms with E-state index in [2.05, 4.69) is 15.3 Å². The number of aromatic nitrogens is 2. The first-order chi connectivity index (χ1) is 10.5. The fourth-order valence-electron chi connectivity index (χ4n) is 2.15. The van der Waals surface area contributed by atoms with Gasteiger partial charge in [-0.05, 0) is 31.2 Å². The molecule has 0 radical (unpaired) electrons. The van der Waals surface area contributed by atoms with Crippen LogP contribution in [0.4, 0.5) is 21.6 Å². The third-order valence-corrected chi connectivity index (χ3v) is 3.27. The van der Waals surface area contributed by atoms with Crippen molar-refractivity contribution in [2.24, 2.45) is 0 Å².